The Morgan fingerprint density at radius 1 is 1.11 bits per heavy atom. The molecule has 0 aliphatic heterocycles. The summed E-state index contributed by atoms with van der Waals surface area (Å²) in [6.07, 6.45) is 2.86. The van der Waals surface area contributed by atoms with Crippen LogP contribution in [0.3, 0.4) is 0 Å². The molecule has 2 rings (SSSR count). The lowest BCUT2D eigenvalue weighted by atomic mass is 10.0. The van der Waals surface area contributed by atoms with Gasteiger partial charge in [-0.05, 0) is 43.2 Å². The maximum absolute atomic E-state index is 3.85. The van der Waals surface area contributed by atoms with E-state index in [1.807, 2.05) is 18.2 Å². The average molecular weight is 316 g/mol. The minimum Gasteiger partial charge on any atom is -0.378 e. The number of anilines is 1. The molecule has 0 bridgehead atoms. The molecular formula is C17H18BrN. The summed E-state index contributed by atoms with van der Waals surface area (Å²) in [5, 5.41) is 3.55. The fourth-order valence-corrected chi connectivity index (χ4v) is 2.26. The molecule has 1 atom stereocenters. The van der Waals surface area contributed by atoms with E-state index in [2.05, 4.69) is 71.1 Å². The molecule has 0 radical (unpaired) electrons. The van der Waals surface area contributed by atoms with Gasteiger partial charge in [-0.2, -0.15) is 0 Å². The second kappa shape index (κ2) is 6.58. The Labute approximate surface area is 123 Å². The van der Waals surface area contributed by atoms with Crippen LogP contribution in [0, 0.1) is 6.92 Å². The van der Waals surface area contributed by atoms with Gasteiger partial charge >= 0.3 is 0 Å². The molecule has 0 amide bonds. The van der Waals surface area contributed by atoms with Crippen molar-refractivity contribution < 1.29 is 0 Å². The number of hydrogen-bond donors (Lipinski definition) is 1. The van der Waals surface area contributed by atoms with Crippen LogP contribution in [0.25, 0.3) is 0 Å². The van der Waals surface area contributed by atoms with Gasteiger partial charge in [0.05, 0.1) is 6.04 Å². The van der Waals surface area contributed by atoms with Crippen LogP contribution in [0.15, 0.2) is 65.7 Å². The third kappa shape index (κ3) is 3.97. The third-order valence-corrected chi connectivity index (χ3v) is 3.60. The average Bonchev–Trinajstić information content (AvgIpc) is 2.42. The Balaban J connectivity index is 2.18. The van der Waals surface area contributed by atoms with Gasteiger partial charge in [0.2, 0.25) is 0 Å². The van der Waals surface area contributed by atoms with E-state index in [4.69, 9.17) is 0 Å². The van der Waals surface area contributed by atoms with Crippen LogP contribution in [0.1, 0.15) is 23.6 Å². The number of halogens is 1. The second-order valence-corrected chi connectivity index (χ2v) is 5.55. The minimum atomic E-state index is 0.263. The molecule has 0 aliphatic carbocycles. The van der Waals surface area contributed by atoms with Gasteiger partial charge in [0.15, 0.2) is 0 Å². The van der Waals surface area contributed by atoms with Gasteiger partial charge in [0.25, 0.3) is 0 Å². The van der Waals surface area contributed by atoms with Crippen molar-refractivity contribution in [3.63, 3.8) is 0 Å². The van der Waals surface area contributed by atoms with Crippen LogP contribution >= 0.6 is 15.9 Å². The summed E-state index contributed by atoms with van der Waals surface area (Å²) in [5.74, 6) is 0. The third-order valence-electron chi connectivity index (χ3n) is 3.07. The maximum atomic E-state index is 3.85. The van der Waals surface area contributed by atoms with Crippen molar-refractivity contribution in [2.45, 2.75) is 19.4 Å². The molecule has 98 valence electrons. The first-order valence-electron chi connectivity index (χ1n) is 6.38. The molecule has 0 spiro atoms. The SMILES string of the molecule is C=CCC(Nc1ccc(Br)cc1)c1ccc(C)cc1. The Bertz CT molecular complexity index is 528. The van der Waals surface area contributed by atoms with Crippen molar-refractivity contribution in [2.24, 2.45) is 0 Å². The quantitative estimate of drug-likeness (QED) is 0.720. The maximum Gasteiger partial charge on any atom is 0.0548 e. The lowest BCUT2D eigenvalue weighted by molar-refractivity contribution is 0.798. The number of hydrogen-bond acceptors (Lipinski definition) is 1. The molecule has 0 saturated heterocycles. The molecule has 0 aliphatic rings. The first-order chi connectivity index (χ1) is 9.19. The predicted octanol–water partition coefficient (Wildman–Crippen LogP) is 5.49. The fourth-order valence-electron chi connectivity index (χ4n) is 1.99. The van der Waals surface area contributed by atoms with E-state index in [0.29, 0.717) is 0 Å². The monoisotopic (exact) mass is 315 g/mol. The van der Waals surface area contributed by atoms with E-state index in [9.17, 15) is 0 Å². The summed E-state index contributed by atoms with van der Waals surface area (Å²) >= 11 is 3.45. The largest absolute Gasteiger partial charge is 0.378 e. The molecule has 1 unspecified atom stereocenters. The van der Waals surface area contributed by atoms with Crippen molar-refractivity contribution in [3.05, 3.63) is 76.8 Å². The lowest BCUT2D eigenvalue weighted by Gasteiger charge is -2.19. The molecule has 19 heavy (non-hydrogen) atoms. The van der Waals surface area contributed by atoms with E-state index in [0.717, 1.165) is 16.6 Å². The standard InChI is InChI=1S/C17H18BrN/c1-3-4-17(14-7-5-13(2)6-8-14)19-16-11-9-15(18)10-12-16/h3,5-12,17,19H,1,4H2,2H3. The molecule has 2 aromatic rings. The minimum absolute atomic E-state index is 0.263. The molecule has 0 fully saturated rings. The van der Waals surface area contributed by atoms with Gasteiger partial charge in [-0.3, -0.25) is 0 Å². The van der Waals surface area contributed by atoms with E-state index in [1.54, 1.807) is 0 Å². The smallest absolute Gasteiger partial charge is 0.0548 e. The highest BCUT2D eigenvalue weighted by Gasteiger charge is 2.09. The summed E-state index contributed by atoms with van der Waals surface area (Å²) < 4.78 is 1.09. The first-order valence-corrected chi connectivity index (χ1v) is 7.18. The van der Waals surface area contributed by atoms with Gasteiger partial charge in [0.1, 0.15) is 0 Å². The number of rotatable bonds is 5. The highest BCUT2D eigenvalue weighted by atomic mass is 79.9. The number of nitrogens with one attached hydrogen (secondary N) is 1. The molecule has 2 aromatic carbocycles. The van der Waals surface area contributed by atoms with Crippen LogP contribution < -0.4 is 5.32 Å². The van der Waals surface area contributed by atoms with Crippen molar-refractivity contribution in [3.8, 4) is 0 Å². The van der Waals surface area contributed by atoms with E-state index < -0.39 is 0 Å². The molecular weight excluding hydrogens is 298 g/mol. The Morgan fingerprint density at radius 2 is 1.74 bits per heavy atom. The zero-order chi connectivity index (χ0) is 13.7. The molecule has 1 N–H and O–H groups in total. The summed E-state index contributed by atoms with van der Waals surface area (Å²) in [4.78, 5) is 0. The molecule has 0 aromatic heterocycles. The Hall–Kier alpha value is -1.54. The lowest BCUT2D eigenvalue weighted by Crippen LogP contribution is -2.09. The van der Waals surface area contributed by atoms with Crippen molar-refractivity contribution >= 4 is 21.6 Å². The summed E-state index contributed by atoms with van der Waals surface area (Å²) in [6.45, 7) is 5.96. The summed E-state index contributed by atoms with van der Waals surface area (Å²) in [6, 6.07) is 17.2. The normalized spacial score (nSPS) is 11.9. The van der Waals surface area contributed by atoms with Gasteiger partial charge in [-0.25, -0.2) is 0 Å². The molecule has 0 saturated carbocycles. The van der Waals surface area contributed by atoms with Gasteiger partial charge in [0, 0.05) is 10.2 Å². The van der Waals surface area contributed by atoms with Crippen molar-refractivity contribution in [1.29, 1.82) is 0 Å². The summed E-state index contributed by atoms with van der Waals surface area (Å²) in [5.41, 5.74) is 3.69. The van der Waals surface area contributed by atoms with Crippen LogP contribution in [0.2, 0.25) is 0 Å². The van der Waals surface area contributed by atoms with Crippen LogP contribution in [0.4, 0.5) is 5.69 Å². The highest BCUT2D eigenvalue weighted by molar-refractivity contribution is 9.10. The first kappa shape index (κ1) is 13.9. The predicted molar refractivity (Wildman–Crippen MR) is 86.5 cm³/mol. The van der Waals surface area contributed by atoms with Crippen LogP contribution in [-0.4, -0.2) is 0 Å². The topological polar surface area (TPSA) is 12.0 Å². The molecule has 1 nitrogen and oxygen atoms in total. The molecule has 2 heteroatoms. The van der Waals surface area contributed by atoms with Crippen LogP contribution in [0.5, 0.6) is 0 Å². The van der Waals surface area contributed by atoms with Gasteiger partial charge in [-0.15, -0.1) is 6.58 Å². The van der Waals surface area contributed by atoms with E-state index in [1.165, 1.54) is 11.1 Å². The van der Waals surface area contributed by atoms with Crippen LogP contribution in [-0.2, 0) is 0 Å². The van der Waals surface area contributed by atoms with Gasteiger partial charge in [-0.1, -0.05) is 51.8 Å². The highest BCUT2D eigenvalue weighted by Crippen LogP contribution is 2.24. The van der Waals surface area contributed by atoms with E-state index in [-0.39, 0.29) is 6.04 Å². The molecule has 0 heterocycles. The van der Waals surface area contributed by atoms with Crippen molar-refractivity contribution in [1.82, 2.24) is 0 Å². The van der Waals surface area contributed by atoms with E-state index >= 15 is 0 Å². The number of benzene rings is 2. The number of aryl methyl sites for hydroxylation is 1. The fraction of sp³-hybridized carbons (Fsp3) is 0.176. The van der Waals surface area contributed by atoms with Gasteiger partial charge < -0.3 is 5.32 Å². The zero-order valence-corrected chi connectivity index (χ0v) is 12.7. The second-order valence-electron chi connectivity index (χ2n) is 4.64. The van der Waals surface area contributed by atoms with Crippen molar-refractivity contribution in [2.75, 3.05) is 5.32 Å². The zero-order valence-electron chi connectivity index (χ0n) is 11.1. The summed E-state index contributed by atoms with van der Waals surface area (Å²) in [7, 11) is 0. The Kier molecular flexibility index (Phi) is 4.80. The Morgan fingerprint density at radius 3 is 2.32 bits per heavy atom.